The first-order valence-corrected chi connectivity index (χ1v) is 3.30. The van der Waals surface area contributed by atoms with Crippen LogP contribution in [0.15, 0.2) is 6.07 Å². The van der Waals surface area contributed by atoms with Crippen LogP contribution in [0, 0.1) is 11.3 Å². The molecule has 0 unspecified atom stereocenters. The zero-order chi connectivity index (χ0) is 10.0. The van der Waals surface area contributed by atoms with Crippen molar-refractivity contribution in [1.82, 2.24) is 4.98 Å². The number of nitriles is 1. The molecule has 0 radical (unpaired) electrons. The van der Waals surface area contributed by atoms with Crippen molar-refractivity contribution in [2.45, 2.75) is 6.43 Å². The van der Waals surface area contributed by atoms with E-state index < -0.39 is 12.1 Å². The van der Waals surface area contributed by atoms with Gasteiger partial charge in [-0.2, -0.15) is 5.26 Å². The Balaban J connectivity index is 3.41. The average Bonchev–Trinajstić information content (AvgIpc) is 2.02. The summed E-state index contributed by atoms with van der Waals surface area (Å²) in [5.41, 5.74) is 9.42. The largest absolute Gasteiger partial charge is 0.397 e. The van der Waals surface area contributed by atoms with E-state index in [9.17, 15) is 8.78 Å². The van der Waals surface area contributed by atoms with Gasteiger partial charge in [-0.25, -0.2) is 13.8 Å². The zero-order valence-electron chi connectivity index (χ0n) is 6.46. The molecule has 0 aromatic carbocycles. The Kier molecular flexibility index (Phi) is 2.28. The fraction of sp³-hybridized carbons (Fsp3) is 0.143. The van der Waals surface area contributed by atoms with Crippen LogP contribution in [0.5, 0.6) is 0 Å². The van der Waals surface area contributed by atoms with Gasteiger partial charge in [0.2, 0.25) is 0 Å². The van der Waals surface area contributed by atoms with E-state index >= 15 is 0 Å². The highest BCUT2D eigenvalue weighted by Gasteiger charge is 2.17. The van der Waals surface area contributed by atoms with Crippen molar-refractivity contribution in [3.8, 4) is 6.07 Å². The number of aromatic nitrogens is 1. The lowest BCUT2D eigenvalue weighted by Crippen LogP contribution is -2.04. The number of nitrogens with two attached hydrogens (primary N) is 2. The number of hydrogen-bond donors (Lipinski definition) is 2. The summed E-state index contributed by atoms with van der Waals surface area (Å²) in [6, 6.07) is 2.72. The van der Waals surface area contributed by atoms with Crippen LogP contribution in [-0.2, 0) is 0 Å². The Labute approximate surface area is 72.8 Å². The minimum atomic E-state index is -2.85. The van der Waals surface area contributed by atoms with Crippen molar-refractivity contribution in [3.63, 3.8) is 0 Å². The van der Waals surface area contributed by atoms with Gasteiger partial charge in [0.1, 0.15) is 23.1 Å². The standard InChI is InChI=1S/C7H6F2N4/c8-7(9)6-3(2-10)4(11)1-5(12)13-6/h1,7H,(H4,11,12,13). The van der Waals surface area contributed by atoms with Crippen molar-refractivity contribution in [2.24, 2.45) is 0 Å². The molecular formula is C7H6F2N4. The van der Waals surface area contributed by atoms with Gasteiger partial charge in [0, 0.05) is 6.07 Å². The normalized spacial score (nSPS) is 10.0. The van der Waals surface area contributed by atoms with Gasteiger partial charge in [0.15, 0.2) is 0 Å². The minimum absolute atomic E-state index is 0.0784. The maximum absolute atomic E-state index is 12.2. The highest BCUT2D eigenvalue weighted by atomic mass is 19.3. The Morgan fingerprint density at radius 3 is 2.54 bits per heavy atom. The van der Waals surface area contributed by atoms with Crippen LogP contribution in [-0.4, -0.2) is 4.98 Å². The predicted octanol–water partition coefficient (Wildman–Crippen LogP) is 1.06. The average molecular weight is 184 g/mol. The quantitative estimate of drug-likeness (QED) is 0.682. The summed E-state index contributed by atoms with van der Waals surface area (Å²) in [6.07, 6.45) is -2.85. The summed E-state index contributed by atoms with van der Waals surface area (Å²) in [6.45, 7) is 0. The van der Waals surface area contributed by atoms with Crippen LogP contribution in [0.1, 0.15) is 17.7 Å². The van der Waals surface area contributed by atoms with Crippen LogP contribution >= 0.6 is 0 Å². The summed E-state index contributed by atoms with van der Waals surface area (Å²) < 4.78 is 24.5. The molecule has 0 bridgehead atoms. The topological polar surface area (TPSA) is 88.7 Å². The molecule has 13 heavy (non-hydrogen) atoms. The molecule has 68 valence electrons. The monoisotopic (exact) mass is 184 g/mol. The first-order valence-electron chi connectivity index (χ1n) is 3.30. The van der Waals surface area contributed by atoms with Crippen molar-refractivity contribution in [2.75, 3.05) is 11.5 Å². The number of halogens is 2. The van der Waals surface area contributed by atoms with E-state index in [1.54, 1.807) is 6.07 Å². The maximum atomic E-state index is 12.2. The molecular weight excluding hydrogens is 178 g/mol. The van der Waals surface area contributed by atoms with Gasteiger partial charge in [-0.1, -0.05) is 0 Å². The fourth-order valence-corrected chi connectivity index (χ4v) is 0.886. The Bertz CT molecular complexity index is 369. The molecule has 1 aromatic rings. The number of pyridine rings is 1. The lowest BCUT2D eigenvalue weighted by Gasteiger charge is -2.05. The van der Waals surface area contributed by atoms with Gasteiger partial charge in [-0.3, -0.25) is 0 Å². The first-order chi connectivity index (χ1) is 6.06. The van der Waals surface area contributed by atoms with E-state index in [1.807, 2.05) is 0 Å². The van der Waals surface area contributed by atoms with Crippen LogP contribution in [0.4, 0.5) is 20.3 Å². The summed E-state index contributed by atoms with van der Waals surface area (Å²) >= 11 is 0. The molecule has 0 aliphatic rings. The number of anilines is 2. The second kappa shape index (κ2) is 3.23. The fourth-order valence-electron chi connectivity index (χ4n) is 0.886. The molecule has 1 heterocycles. The lowest BCUT2D eigenvalue weighted by atomic mass is 10.2. The van der Waals surface area contributed by atoms with Crippen molar-refractivity contribution < 1.29 is 8.78 Å². The molecule has 0 fully saturated rings. The van der Waals surface area contributed by atoms with E-state index in [0.29, 0.717) is 0 Å². The van der Waals surface area contributed by atoms with Gasteiger partial charge >= 0.3 is 0 Å². The van der Waals surface area contributed by atoms with E-state index in [1.165, 1.54) is 6.07 Å². The van der Waals surface area contributed by atoms with Crippen LogP contribution in [0.2, 0.25) is 0 Å². The number of rotatable bonds is 1. The van der Waals surface area contributed by atoms with Crippen molar-refractivity contribution in [3.05, 3.63) is 17.3 Å². The summed E-state index contributed by atoms with van der Waals surface area (Å²) in [5.74, 6) is -0.119. The summed E-state index contributed by atoms with van der Waals surface area (Å²) in [5, 5.41) is 8.49. The highest BCUT2D eigenvalue weighted by Crippen LogP contribution is 2.25. The maximum Gasteiger partial charge on any atom is 0.281 e. The SMILES string of the molecule is N#Cc1c(N)cc(N)nc1C(F)F. The van der Waals surface area contributed by atoms with Crippen LogP contribution in [0.3, 0.4) is 0 Å². The molecule has 1 aromatic heterocycles. The van der Waals surface area contributed by atoms with E-state index in [-0.39, 0.29) is 17.1 Å². The molecule has 0 aliphatic carbocycles. The predicted molar refractivity (Wildman–Crippen MR) is 42.7 cm³/mol. The van der Waals surface area contributed by atoms with Gasteiger partial charge in [-0.15, -0.1) is 0 Å². The van der Waals surface area contributed by atoms with E-state index in [2.05, 4.69) is 4.98 Å². The van der Waals surface area contributed by atoms with E-state index in [0.717, 1.165) is 0 Å². The number of nitrogens with zero attached hydrogens (tertiary/aromatic N) is 2. The molecule has 1 rings (SSSR count). The molecule has 0 aliphatic heterocycles. The first kappa shape index (κ1) is 9.19. The molecule has 6 heteroatoms. The summed E-state index contributed by atoms with van der Waals surface area (Å²) in [4.78, 5) is 3.33. The Hall–Kier alpha value is -1.90. The van der Waals surface area contributed by atoms with Gasteiger partial charge in [-0.05, 0) is 0 Å². The molecule has 0 saturated heterocycles. The van der Waals surface area contributed by atoms with Gasteiger partial charge in [0.25, 0.3) is 6.43 Å². The smallest absolute Gasteiger partial charge is 0.281 e. The molecule has 0 atom stereocenters. The minimum Gasteiger partial charge on any atom is -0.397 e. The molecule has 4 nitrogen and oxygen atoms in total. The third-order valence-corrected chi connectivity index (χ3v) is 1.42. The molecule has 4 N–H and O–H groups in total. The second-order valence-corrected chi connectivity index (χ2v) is 2.31. The third-order valence-electron chi connectivity index (χ3n) is 1.42. The Morgan fingerprint density at radius 2 is 2.08 bits per heavy atom. The van der Waals surface area contributed by atoms with Crippen molar-refractivity contribution in [1.29, 1.82) is 5.26 Å². The van der Waals surface area contributed by atoms with E-state index in [4.69, 9.17) is 16.7 Å². The lowest BCUT2D eigenvalue weighted by molar-refractivity contribution is 0.146. The Morgan fingerprint density at radius 1 is 1.46 bits per heavy atom. The van der Waals surface area contributed by atoms with Gasteiger partial charge < -0.3 is 11.5 Å². The van der Waals surface area contributed by atoms with Crippen LogP contribution < -0.4 is 11.5 Å². The van der Waals surface area contributed by atoms with Gasteiger partial charge in [0.05, 0.1) is 5.69 Å². The molecule has 0 amide bonds. The molecule has 0 spiro atoms. The number of alkyl halides is 2. The van der Waals surface area contributed by atoms with Crippen LogP contribution in [0.25, 0.3) is 0 Å². The summed E-state index contributed by atoms with van der Waals surface area (Å²) in [7, 11) is 0. The number of hydrogen-bond acceptors (Lipinski definition) is 4. The second-order valence-electron chi connectivity index (χ2n) is 2.31. The van der Waals surface area contributed by atoms with Crippen molar-refractivity contribution >= 4 is 11.5 Å². The highest BCUT2D eigenvalue weighted by molar-refractivity contribution is 5.60. The number of nitrogen functional groups attached to an aromatic ring is 2. The molecule has 0 saturated carbocycles. The third kappa shape index (κ3) is 1.64. The zero-order valence-corrected chi connectivity index (χ0v) is 6.46.